The lowest BCUT2D eigenvalue weighted by atomic mass is 9.94. The summed E-state index contributed by atoms with van der Waals surface area (Å²) >= 11 is 0. The van der Waals surface area contributed by atoms with Crippen molar-refractivity contribution in [3.63, 3.8) is 0 Å². The van der Waals surface area contributed by atoms with E-state index < -0.39 is 0 Å². The third kappa shape index (κ3) is 3.43. The molecule has 2 aliphatic rings. The summed E-state index contributed by atoms with van der Waals surface area (Å²) in [6.07, 6.45) is 3.48. The maximum Gasteiger partial charge on any atom is 0.257 e. The number of aromatic nitrogens is 2. The van der Waals surface area contributed by atoms with E-state index in [-0.39, 0.29) is 17.1 Å². The minimum atomic E-state index is -0.307. The monoisotopic (exact) mass is 391 g/mol. The third-order valence-corrected chi connectivity index (χ3v) is 6.09. The Hall–Kier alpha value is -3.02. The zero-order chi connectivity index (χ0) is 19.8. The molecule has 5 rings (SSSR count). The third-order valence-electron chi connectivity index (χ3n) is 6.09. The molecule has 3 aromatic rings. The van der Waals surface area contributed by atoms with Crippen LogP contribution in [0.3, 0.4) is 0 Å². The Balaban J connectivity index is 1.23. The maximum absolute atomic E-state index is 13.2. The van der Waals surface area contributed by atoms with Crippen LogP contribution in [0.1, 0.15) is 30.7 Å². The molecule has 5 nitrogen and oxygen atoms in total. The lowest BCUT2D eigenvalue weighted by Crippen LogP contribution is -2.38. The van der Waals surface area contributed by atoms with Crippen molar-refractivity contribution in [3.05, 3.63) is 71.8 Å². The van der Waals surface area contributed by atoms with Gasteiger partial charge in [0.05, 0.1) is 5.41 Å². The standard InChI is InChI=1S/C23H22FN3O2/c24-19-8-6-17(7-9-19)21-25-20(26-29-21)14-16-10-13-27(15-16)22(28)23(11-12-23)18-4-2-1-3-5-18/h1-9,16H,10-15H2. The van der Waals surface area contributed by atoms with Gasteiger partial charge in [-0.25, -0.2) is 4.39 Å². The van der Waals surface area contributed by atoms with Crippen LogP contribution in [-0.4, -0.2) is 34.0 Å². The fourth-order valence-electron chi connectivity index (χ4n) is 4.30. The molecule has 1 aliphatic heterocycles. The molecule has 1 aliphatic carbocycles. The summed E-state index contributed by atoms with van der Waals surface area (Å²) in [4.78, 5) is 19.6. The van der Waals surface area contributed by atoms with Gasteiger partial charge in [0.25, 0.3) is 5.89 Å². The van der Waals surface area contributed by atoms with Crippen LogP contribution >= 0.6 is 0 Å². The number of carbonyl (C=O) groups is 1. The number of rotatable bonds is 5. The topological polar surface area (TPSA) is 59.2 Å². The van der Waals surface area contributed by atoms with Crippen molar-refractivity contribution in [3.8, 4) is 11.5 Å². The van der Waals surface area contributed by atoms with E-state index >= 15 is 0 Å². The van der Waals surface area contributed by atoms with E-state index in [1.807, 2.05) is 23.1 Å². The van der Waals surface area contributed by atoms with Gasteiger partial charge < -0.3 is 9.42 Å². The number of nitrogens with zero attached hydrogens (tertiary/aromatic N) is 3. The number of likely N-dealkylation sites (tertiary alicyclic amines) is 1. The molecule has 2 fully saturated rings. The van der Waals surface area contributed by atoms with Crippen molar-refractivity contribution < 1.29 is 13.7 Å². The Kier molecular flexibility index (Phi) is 4.42. The predicted octanol–water partition coefficient (Wildman–Crippen LogP) is 4.00. The number of amides is 1. The van der Waals surface area contributed by atoms with Gasteiger partial charge in [-0.3, -0.25) is 4.79 Å². The van der Waals surface area contributed by atoms with Crippen LogP contribution in [0.15, 0.2) is 59.1 Å². The highest BCUT2D eigenvalue weighted by Gasteiger charge is 2.53. The molecular weight excluding hydrogens is 369 g/mol. The molecule has 1 saturated carbocycles. The molecule has 1 amide bonds. The first-order chi connectivity index (χ1) is 14.1. The highest BCUT2D eigenvalue weighted by atomic mass is 19.1. The quantitative estimate of drug-likeness (QED) is 0.660. The Labute approximate surface area is 168 Å². The molecule has 2 aromatic carbocycles. The average molecular weight is 391 g/mol. The van der Waals surface area contributed by atoms with Gasteiger partial charge in [0.2, 0.25) is 5.91 Å². The largest absolute Gasteiger partial charge is 0.342 e. The molecular formula is C23H22FN3O2. The first-order valence-electron chi connectivity index (χ1n) is 10.1. The molecule has 1 unspecified atom stereocenters. The summed E-state index contributed by atoms with van der Waals surface area (Å²) in [6, 6.07) is 16.1. The normalized spacial score (nSPS) is 20.0. The Morgan fingerprint density at radius 3 is 2.62 bits per heavy atom. The van der Waals surface area contributed by atoms with Crippen molar-refractivity contribution in [1.82, 2.24) is 15.0 Å². The van der Waals surface area contributed by atoms with E-state index in [0.717, 1.165) is 37.9 Å². The number of halogens is 1. The second-order valence-electron chi connectivity index (χ2n) is 8.08. The fourth-order valence-corrected chi connectivity index (χ4v) is 4.30. The van der Waals surface area contributed by atoms with Gasteiger partial charge in [-0.2, -0.15) is 4.98 Å². The molecule has 1 aromatic heterocycles. The van der Waals surface area contributed by atoms with E-state index in [1.165, 1.54) is 12.1 Å². The predicted molar refractivity (Wildman–Crippen MR) is 105 cm³/mol. The van der Waals surface area contributed by atoms with Crippen molar-refractivity contribution in [1.29, 1.82) is 0 Å². The second-order valence-corrected chi connectivity index (χ2v) is 8.08. The smallest absolute Gasteiger partial charge is 0.257 e. The molecule has 0 bridgehead atoms. The Bertz CT molecular complexity index is 1010. The van der Waals surface area contributed by atoms with Crippen LogP contribution in [-0.2, 0) is 16.6 Å². The maximum atomic E-state index is 13.2. The Morgan fingerprint density at radius 1 is 1.14 bits per heavy atom. The molecule has 0 spiro atoms. The Morgan fingerprint density at radius 2 is 1.90 bits per heavy atom. The van der Waals surface area contributed by atoms with Crippen molar-refractivity contribution in [2.24, 2.45) is 5.92 Å². The highest BCUT2D eigenvalue weighted by Crippen LogP contribution is 2.50. The number of hydrogen-bond donors (Lipinski definition) is 0. The first kappa shape index (κ1) is 18.0. The van der Waals surface area contributed by atoms with Gasteiger partial charge in [-0.05, 0) is 55.0 Å². The van der Waals surface area contributed by atoms with Gasteiger partial charge in [-0.1, -0.05) is 35.5 Å². The van der Waals surface area contributed by atoms with Crippen molar-refractivity contribution >= 4 is 5.91 Å². The second kappa shape index (κ2) is 7.10. The lowest BCUT2D eigenvalue weighted by Gasteiger charge is -2.23. The van der Waals surface area contributed by atoms with E-state index in [1.54, 1.807) is 12.1 Å². The minimum Gasteiger partial charge on any atom is -0.342 e. The van der Waals surface area contributed by atoms with Crippen molar-refractivity contribution in [2.75, 3.05) is 13.1 Å². The zero-order valence-corrected chi connectivity index (χ0v) is 16.1. The minimum absolute atomic E-state index is 0.256. The molecule has 2 heterocycles. The molecule has 0 radical (unpaired) electrons. The van der Waals surface area contributed by atoms with Gasteiger partial charge in [0.1, 0.15) is 5.82 Å². The lowest BCUT2D eigenvalue weighted by molar-refractivity contribution is -0.133. The molecule has 0 N–H and O–H groups in total. The van der Waals surface area contributed by atoms with Gasteiger partial charge >= 0.3 is 0 Å². The van der Waals surface area contributed by atoms with Crippen LogP contribution < -0.4 is 0 Å². The molecule has 148 valence electrons. The van der Waals surface area contributed by atoms with Crippen LogP contribution in [0.25, 0.3) is 11.5 Å². The van der Waals surface area contributed by atoms with Gasteiger partial charge in [-0.15, -0.1) is 0 Å². The van der Waals surface area contributed by atoms with Crippen LogP contribution in [0.4, 0.5) is 4.39 Å². The van der Waals surface area contributed by atoms with E-state index in [2.05, 4.69) is 22.3 Å². The fraction of sp³-hybridized carbons (Fsp3) is 0.348. The van der Waals surface area contributed by atoms with Crippen molar-refractivity contribution in [2.45, 2.75) is 31.1 Å². The molecule has 1 saturated heterocycles. The summed E-state index contributed by atoms with van der Waals surface area (Å²) in [7, 11) is 0. The van der Waals surface area contributed by atoms with Crippen LogP contribution in [0, 0.1) is 11.7 Å². The summed E-state index contributed by atoms with van der Waals surface area (Å²) < 4.78 is 18.4. The van der Waals surface area contributed by atoms with Gasteiger partial charge in [0, 0.05) is 25.1 Å². The number of carbonyl (C=O) groups excluding carboxylic acids is 1. The SMILES string of the molecule is O=C(N1CCC(Cc2noc(-c3ccc(F)cc3)n2)C1)C1(c2ccccc2)CC1. The van der Waals surface area contributed by atoms with Crippen LogP contribution in [0.5, 0.6) is 0 Å². The summed E-state index contributed by atoms with van der Waals surface area (Å²) in [5, 5.41) is 4.07. The zero-order valence-electron chi connectivity index (χ0n) is 16.1. The number of hydrogen-bond acceptors (Lipinski definition) is 4. The summed E-state index contributed by atoms with van der Waals surface area (Å²) in [5.74, 6) is 1.31. The van der Waals surface area contributed by atoms with E-state index in [4.69, 9.17) is 4.52 Å². The van der Waals surface area contributed by atoms with E-state index in [9.17, 15) is 9.18 Å². The molecule has 29 heavy (non-hydrogen) atoms. The molecule has 6 heteroatoms. The van der Waals surface area contributed by atoms with Gasteiger partial charge in [0.15, 0.2) is 5.82 Å². The first-order valence-corrected chi connectivity index (χ1v) is 10.1. The van der Waals surface area contributed by atoms with E-state index in [0.29, 0.717) is 29.6 Å². The van der Waals surface area contributed by atoms with Crippen LogP contribution in [0.2, 0.25) is 0 Å². The summed E-state index contributed by atoms with van der Waals surface area (Å²) in [6.45, 7) is 1.51. The summed E-state index contributed by atoms with van der Waals surface area (Å²) in [5.41, 5.74) is 1.53. The average Bonchev–Trinajstić information content (AvgIpc) is 3.21. The number of benzene rings is 2. The molecule has 1 atom stereocenters. The highest BCUT2D eigenvalue weighted by molar-refractivity contribution is 5.91.